The van der Waals surface area contributed by atoms with Crippen LogP contribution in [0.2, 0.25) is 0 Å². The van der Waals surface area contributed by atoms with Crippen LogP contribution in [0.15, 0.2) is 109 Å². The number of non-ortho nitro benzene ring substituents is 1. The van der Waals surface area contributed by atoms with Gasteiger partial charge in [-0.05, 0) is 61.6 Å². The number of hydrogen-bond acceptors (Lipinski definition) is 8. The number of allylic oxidation sites excluding steroid dienone is 2. The summed E-state index contributed by atoms with van der Waals surface area (Å²) in [5.41, 5.74) is 3.90. The Labute approximate surface area is 291 Å². The van der Waals surface area contributed by atoms with Crippen molar-refractivity contribution >= 4 is 40.7 Å². The van der Waals surface area contributed by atoms with Gasteiger partial charge in [0.1, 0.15) is 0 Å². The van der Waals surface area contributed by atoms with Crippen molar-refractivity contribution in [3.05, 3.63) is 141 Å². The predicted molar refractivity (Wildman–Crippen MR) is 182 cm³/mol. The molecule has 3 fully saturated rings. The zero-order valence-corrected chi connectivity index (χ0v) is 27.2. The van der Waals surface area contributed by atoms with E-state index in [4.69, 9.17) is 0 Å². The smallest absolute Gasteiger partial charge is 0.269 e. The van der Waals surface area contributed by atoms with E-state index in [1.54, 1.807) is 48.5 Å². The Morgan fingerprint density at radius 1 is 0.863 bits per heavy atom. The number of rotatable bonds is 6. The molecule has 12 heteroatoms. The van der Waals surface area contributed by atoms with Crippen LogP contribution in [0.3, 0.4) is 0 Å². The molecular formula is C39H31FN4O7. The first-order chi connectivity index (χ1) is 24.5. The highest BCUT2D eigenvalue weighted by Gasteiger charge is 2.70. The largest absolute Gasteiger partial charge is 0.505 e. The molecule has 2 saturated heterocycles. The summed E-state index contributed by atoms with van der Waals surface area (Å²) < 4.78 is 15.3. The van der Waals surface area contributed by atoms with E-state index in [9.17, 15) is 29.6 Å². The number of para-hydroxylation sites is 1. The molecule has 0 radical (unpaired) electrons. The monoisotopic (exact) mass is 686 g/mol. The van der Waals surface area contributed by atoms with Gasteiger partial charge in [-0.25, -0.2) is 4.39 Å². The number of nitro benzene ring substituents is 1. The zero-order chi connectivity index (χ0) is 35.8. The minimum absolute atomic E-state index is 0.0121. The van der Waals surface area contributed by atoms with Crippen molar-refractivity contribution in [2.24, 2.45) is 23.7 Å². The summed E-state index contributed by atoms with van der Waals surface area (Å²) in [6, 6.07) is 25.1. The van der Waals surface area contributed by atoms with Gasteiger partial charge in [-0.3, -0.25) is 39.6 Å². The number of benzene rings is 4. The molecule has 4 aliphatic rings. The number of anilines is 2. The number of hydrazine groups is 1. The molecule has 11 nitrogen and oxygen atoms in total. The van der Waals surface area contributed by atoms with Gasteiger partial charge in [0, 0.05) is 23.6 Å². The van der Waals surface area contributed by atoms with E-state index in [2.05, 4.69) is 5.43 Å². The third kappa shape index (κ3) is 4.62. The maximum absolute atomic E-state index is 15.3. The molecule has 0 unspecified atom stereocenters. The number of carbonyl (C=O) groups is 4. The summed E-state index contributed by atoms with van der Waals surface area (Å²) in [7, 11) is 0. The molecule has 2 heterocycles. The minimum Gasteiger partial charge on any atom is -0.505 e. The van der Waals surface area contributed by atoms with E-state index >= 15 is 9.18 Å². The van der Waals surface area contributed by atoms with E-state index in [0.29, 0.717) is 16.8 Å². The van der Waals surface area contributed by atoms with Crippen molar-refractivity contribution in [1.29, 1.82) is 0 Å². The van der Waals surface area contributed by atoms with Gasteiger partial charge in [-0.15, -0.1) is 0 Å². The molecular weight excluding hydrogens is 655 g/mol. The van der Waals surface area contributed by atoms with Gasteiger partial charge >= 0.3 is 0 Å². The summed E-state index contributed by atoms with van der Waals surface area (Å²) in [5.74, 6) is -8.43. The van der Waals surface area contributed by atoms with Crippen molar-refractivity contribution in [1.82, 2.24) is 5.01 Å². The zero-order valence-electron chi connectivity index (χ0n) is 27.2. The maximum atomic E-state index is 15.3. The lowest BCUT2D eigenvalue weighted by molar-refractivity contribution is -0.384. The molecule has 2 aliphatic heterocycles. The quantitative estimate of drug-likeness (QED) is 0.110. The van der Waals surface area contributed by atoms with Crippen molar-refractivity contribution in [2.75, 3.05) is 10.3 Å². The van der Waals surface area contributed by atoms with Crippen molar-refractivity contribution in [3.63, 3.8) is 0 Å². The highest BCUT2D eigenvalue weighted by molar-refractivity contribution is 6.22. The molecule has 4 aromatic carbocycles. The Morgan fingerprint density at radius 2 is 1.57 bits per heavy atom. The Kier molecular flexibility index (Phi) is 7.37. The number of imide groups is 2. The van der Waals surface area contributed by atoms with Gasteiger partial charge in [0.15, 0.2) is 11.6 Å². The first-order valence-corrected chi connectivity index (χ1v) is 16.6. The van der Waals surface area contributed by atoms with Crippen LogP contribution in [-0.4, -0.2) is 38.7 Å². The van der Waals surface area contributed by atoms with E-state index in [1.807, 2.05) is 19.1 Å². The number of nitrogens with one attached hydrogen (secondary N) is 1. The van der Waals surface area contributed by atoms with E-state index in [1.165, 1.54) is 36.4 Å². The third-order valence-electron chi connectivity index (χ3n) is 11.0. The lowest BCUT2D eigenvalue weighted by atomic mass is 9.49. The Hall–Kier alpha value is -6.17. The fraction of sp³-hybridized carbons (Fsp3) is 0.231. The summed E-state index contributed by atoms with van der Waals surface area (Å²) in [6.07, 6.45) is 1.93. The molecule has 0 bridgehead atoms. The number of nitrogens with zero attached hydrogens (tertiary/aromatic N) is 3. The molecule has 0 spiro atoms. The van der Waals surface area contributed by atoms with Gasteiger partial charge in [-0.1, -0.05) is 71.8 Å². The summed E-state index contributed by atoms with van der Waals surface area (Å²) in [5, 5.41) is 23.6. The second-order valence-electron chi connectivity index (χ2n) is 13.6. The second kappa shape index (κ2) is 11.7. The fourth-order valence-corrected chi connectivity index (χ4v) is 8.83. The summed E-state index contributed by atoms with van der Waals surface area (Å²) in [4.78, 5) is 69.8. The van der Waals surface area contributed by atoms with Crippen molar-refractivity contribution in [3.8, 4) is 5.75 Å². The normalized spacial score (nSPS) is 26.8. The van der Waals surface area contributed by atoms with Gasteiger partial charge < -0.3 is 5.11 Å². The first kappa shape index (κ1) is 32.1. The predicted octanol–water partition coefficient (Wildman–Crippen LogP) is 5.94. The highest BCUT2D eigenvalue weighted by atomic mass is 19.1. The third-order valence-corrected chi connectivity index (χ3v) is 11.0. The van der Waals surface area contributed by atoms with Gasteiger partial charge in [0.25, 0.3) is 17.5 Å². The number of fused-ring (bicyclic) bond motifs is 4. The van der Waals surface area contributed by atoms with Crippen LogP contribution in [0.25, 0.3) is 0 Å². The number of halogens is 1. The minimum atomic E-state index is -1.67. The molecule has 256 valence electrons. The topological polar surface area (TPSA) is 150 Å². The van der Waals surface area contributed by atoms with Gasteiger partial charge in [0.05, 0.1) is 39.5 Å². The number of amides is 4. The number of aryl methyl sites for hydroxylation is 1. The van der Waals surface area contributed by atoms with Crippen molar-refractivity contribution < 1.29 is 33.6 Å². The molecule has 8 rings (SSSR count). The van der Waals surface area contributed by atoms with E-state index < -0.39 is 75.1 Å². The number of carbonyl (C=O) groups excluding carboxylic acids is 4. The van der Waals surface area contributed by atoms with Crippen LogP contribution in [0, 0.1) is 46.5 Å². The molecule has 6 atom stereocenters. The van der Waals surface area contributed by atoms with Crippen molar-refractivity contribution in [2.45, 2.75) is 31.1 Å². The maximum Gasteiger partial charge on any atom is 0.269 e. The summed E-state index contributed by atoms with van der Waals surface area (Å²) >= 11 is 0. The molecule has 0 aromatic heterocycles. The van der Waals surface area contributed by atoms with Crippen LogP contribution in [0.4, 0.5) is 21.5 Å². The van der Waals surface area contributed by atoms with Crippen LogP contribution in [0.1, 0.15) is 35.4 Å². The highest BCUT2D eigenvalue weighted by Crippen LogP contribution is 2.65. The standard InChI is InChI=1S/C39H31FN4O7/c1-21-10-12-23(13-11-21)41-43-36(47)30-20-29-26(18-19-27-32(29)37(48)42(35(27)46)24-14-16-25(17-15-24)44(50)51)33(28-8-5-9-31(40)34(28)45)39(30,38(43)49)22-6-3-2-4-7-22/h2-18,27,29-30,32-33,41,45H,19-20H2,1H3/t27-,29+,30-,32-,33+,39+/m0/s1. The first-order valence-electron chi connectivity index (χ1n) is 16.6. The number of phenols is 1. The average Bonchev–Trinajstić information content (AvgIpc) is 3.51. The van der Waals surface area contributed by atoms with Gasteiger partial charge in [-0.2, -0.15) is 5.01 Å². The Morgan fingerprint density at radius 3 is 2.25 bits per heavy atom. The lowest BCUT2D eigenvalue weighted by Crippen LogP contribution is -2.53. The molecule has 2 N–H and O–H groups in total. The molecule has 2 aliphatic carbocycles. The average molecular weight is 687 g/mol. The van der Waals surface area contributed by atoms with E-state index in [0.717, 1.165) is 21.5 Å². The number of phenolic OH excluding ortho intramolecular Hbond substituents is 1. The van der Waals surface area contributed by atoms with Crippen LogP contribution >= 0.6 is 0 Å². The van der Waals surface area contributed by atoms with Crippen LogP contribution in [0.5, 0.6) is 5.75 Å². The Bertz CT molecular complexity index is 2170. The lowest BCUT2D eigenvalue weighted by Gasteiger charge is -2.50. The van der Waals surface area contributed by atoms with Crippen LogP contribution < -0.4 is 10.3 Å². The molecule has 1 saturated carbocycles. The van der Waals surface area contributed by atoms with Crippen LogP contribution in [-0.2, 0) is 24.6 Å². The number of aromatic hydroxyl groups is 1. The van der Waals surface area contributed by atoms with E-state index in [-0.39, 0.29) is 29.8 Å². The Balaban J connectivity index is 1.30. The molecule has 4 aromatic rings. The number of nitro groups is 1. The molecule has 4 amide bonds. The molecule has 51 heavy (non-hydrogen) atoms. The second-order valence-corrected chi connectivity index (χ2v) is 13.6. The fourth-order valence-electron chi connectivity index (χ4n) is 8.83. The SMILES string of the molecule is Cc1ccc(NN2C(=O)[C@@H]3C[C@@H]4C(=CC[C@@H]5C(=O)N(c6ccc([N+](=O)[O-])cc6)C(=O)[C@@H]54)[C@H](c4cccc(F)c4O)[C@]3(c3ccccc3)C2=O)cc1. The summed E-state index contributed by atoms with van der Waals surface area (Å²) in [6.45, 7) is 1.91. The van der Waals surface area contributed by atoms with Gasteiger partial charge in [0.2, 0.25) is 11.8 Å². The number of hydrogen-bond donors (Lipinski definition) is 2.